The van der Waals surface area contributed by atoms with Crippen molar-refractivity contribution in [2.75, 3.05) is 20.1 Å². The molecule has 1 heterocycles. The minimum absolute atomic E-state index is 0.00653. The Labute approximate surface area is 83.6 Å². The highest BCUT2D eigenvalue weighted by Gasteiger charge is 2.48. The fourth-order valence-electron chi connectivity index (χ4n) is 2.07. The van der Waals surface area contributed by atoms with Crippen LogP contribution in [0.25, 0.3) is 0 Å². The van der Waals surface area contributed by atoms with Crippen molar-refractivity contribution in [3.05, 3.63) is 0 Å². The second kappa shape index (κ2) is 3.26. The molecule has 1 aliphatic heterocycles. The van der Waals surface area contributed by atoms with Gasteiger partial charge in [-0.15, -0.1) is 0 Å². The van der Waals surface area contributed by atoms with Crippen LogP contribution in [0.3, 0.4) is 0 Å². The van der Waals surface area contributed by atoms with Crippen LogP contribution in [0.5, 0.6) is 0 Å². The Morgan fingerprint density at radius 3 is 2.57 bits per heavy atom. The van der Waals surface area contributed by atoms with Gasteiger partial charge in [-0.3, -0.25) is 9.59 Å². The molecule has 1 N–H and O–H groups in total. The monoisotopic (exact) mass is 196 g/mol. The van der Waals surface area contributed by atoms with Crippen molar-refractivity contribution in [3.8, 4) is 0 Å². The Morgan fingerprint density at radius 2 is 2.07 bits per heavy atom. The average molecular weight is 196 g/mol. The quantitative estimate of drug-likeness (QED) is 0.638. The molecule has 0 aromatic heterocycles. The summed E-state index contributed by atoms with van der Waals surface area (Å²) in [7, 11) is 1.56. The smallest absolute Gasteiger partial charge is 0.232 e. The fourth-order valence-corrected chi connectivity index (χ4v) is 2.07. The molecule has 2 rings (SSSR count). The zero-order valence-corrected chi connectivity index (χ0v) is 8.51. The molecule has 0 aromatic rings. The molecule has 2 fully saturated rings. The molecule has 2 aliphatic rings. The summed E-state index contributed by atoms with van der Waals surface area (Å²) in [6.07, 6.45) is 3.66. The summed E-state index contributed by atoms with van der Waals surface area (Å²) in [6.45, 7) is 1.72. The third kappa shape index (κ3) is 1.74. The first-order chi connectivity index (χ1) is 6.65. The number of rotatable bonds is 2. The number of hydrogen-bond acceptors (Lipinski definition) is 2. The molecule has 0 bridgehead atoms. The molecular formula is C10H16N2O2. The number of likely N-dealkylation sites (tertiary alicyclic amines) is 1. The van der Waals surface area contributed by atoms with Gasteiger partial charge in [0.05, 0.1) is 0 Å². The normalized spacial score (nSPS) is 22.5. The van der Waals surface area contributed by atoms with E-state index in [1.54, 1.807) is 7.05 Å². The van der Waals surface area contributed by atoms with Crippen molar-refractivity contribution < 1.29 is 9.59 Å². The molecule has 0 atom stereocenters. The van der Waals surface area contributed by atoms with Crippen LogP contribution in [0.2, 0.25) is 0 Å². The van der Waals surface area contributed by atoms with E-state index < -0.39 is 0 Å². The van der Waals surface area contributed by atoms with E-state index in [4.69, 9.17) is 0 Å². The molecule has 4 heteroatoms. The predicted octanol–water partition coefficient (Wildman–Crippen LogP) is 0.135. The lowest BCUT2D eigenvalue weighted by atomic mass is 10.1. The largest absolute Gasteiger partial charge is 0.359 e. The van der Waals surface area contributed by atoms with Gasteiger partial charge < -0.3 is 10.2 Å². The third-order valence-electron chi connectivity index (χ3n) is 3.34. The Kier molecular flexibility index (Phi) is 2.21. The Balaban J connectivity index is 1.84. The minimum atomic E-state index is -0.188. The van der Waals surface area contributed by atoms with Crippen molar-refractivity contribution in [2.45, 2.75) is 25.7 Å². The van der Waals surface area contributed by atoms with E-state index in [1.165, 1.54) is 12.8 Å². The van der Waals surface area contributed by atoms with E-state index in [1.807, 2.05) is 4.90 Å². The molecule has 1 aliphatic carbocycles. The molecule has 1 saturated heterocycles. The van der Waals surface area contributed by atoms with Gasteiger partial charge in [0.1, 0.15) is 6.42 Å². The third-order valence-corrected chi connectivity index (χ3v) is 3.34. The van der Waals surface area contributed by atoms with E-state index in [0.29, 0.717) is 5.41 Å². The van der Waals surface area contributed by atoms with E-state index in [9.17, 15) is 9.59 Å². The second-order valence-electron chi connectivity index (χ2n) is 4.42. The van der Waals surface area contributed by atoms with Crippen LogP contribution in [0.4, 0.5) is 0 Å². The van der Waals surface area contributed by atoms with Crippen molar-refractivity contribution in [1.82, 2.24) is 10.2 Å². The van der Waals surface area contributed by atoms with Gasteiger partial charge in [0.15, 0.2) is 0 Å². The highest BCUT2D eigenvalue weighted by atomic mass is 16.2. The van der Waals surface area contributed by atoms with Gasteiger partial charge in [-0.25, -0.2) is 0 Å². The van der Waals surface area contributed by atoms with Crippen molar-refractivity contribution >= 4 is 11.8 Å². The lowest BCUT2D eigenvalue weighted by Gasteiger charge is -2.15. The summed E-state index contributed by atoms with van der Waals surface area (Å²) < 4.78 is 0. The number of carbonyl (C=O) groups is 2. The van der Waals surface area contributed by atoms with Crippen LogP contribution in [0.15, 0.2) is 0 Å². The molecule has 0 aromatic carbocycles. The maximum Gasteiger partial charge on any atom is 0.232 e. The topological polar surface area (TPSA) is 49.4 Å². The number of amides is 2. The van der Waals surface area contributed by atoms with Crippen LogP contribution in [-0.2, 0) is 9.59 Å². The lowest BCUT2D eigenvalue weighted by Crippen LogP contribution is -2.33. The van der Waals surface area contributed by atoms with E-state index in [-0.39, 0.29) is 18.2 Å². The zero-order valence-electron chi connectivity index (χ0n) is 8.51. The Bertz CT molecular complexity index is 271. The molecule has 1 saturated carbocycles. The summed E-state index contributed by atoms with van der Waals surface area (Å²) in [4.78, 5) is 24.4. The highest BCUT2D eigenvalue weighted by molar-refractivity contribution is 5.96. The van der Waals surface area contributed by atoms with Crippen LogP contribution < -0.4 is 5.32 Å². The molecule has 4 nitrogen and oxygen atoms in total. The van der Waals surface area contributed by atoms with E-state index in [2.05, 4.69) is 5.32 Å². The molecule has 78 valence electrons. The first-order valence-electron chi connectivity index (χ1n) is 5.14. The van der Waals surface area contributed by atoms with E-state index in [0.717, 1.165) is 19.5 Å². The van der Waals surface area contributed by atoms with Gasteiger partial charge in [-0.2, -0.15) is 0 Å². The van der Waals surface area contributed by atoms with Gasteiger partial charge >= 0.3 is 0 Å². The van der Waals surface area contributed by atoms with Gasteiger partial charge in [0, 0.05) is 20.1 Å². The SMILES string of the molecule is CNC(=O)CC(=O)N1CCC2(CC2)C1. The second-order valence-corrected chi connectivity index (χ2v) is 4.42. The van der Waals surface area contributed by atoms with Crippen molar-refractivity contribution in [3.63, 3.8) is 0 Å². The Hall–Kier alpha value is -1.06. The summed E-state index contributed by atoms with van der Waals surface area (Å²) >= 11 is 0. The van der Waals surface area contributed by atoms with Crippen LogP contribution >= 0.6 is 0 Å². The number of nitrogens with zero attached hydrogens (tertiary/aromatic N) is 1. The van der Waals surface area contributed by atoms with Gasteiger partial charge in [0.25, 0.3) is 0 Å². The fraction of sp³-hybridized carbons (Fsp3) is 0.800. The zero-order chi connectivity index (χ0) is 10.2. The maximum absolute atomic E-state index is 11.6. The maximum atomic E-state index is 11.6. The standard InChI is InChI=1S/C10H16N2O2/c1-11-8(13)6-9(14)12-5-4-10(7-12)2-3-10/h2-7H2,1H3,(H,11,13). The van der Waals surface area contributed by atoms with Crippen LogP contribution in [-0.4, -0.2) is 36.9 Å². The molecule has 14 heavy (non-hydrogen) atoms. The summed E-state index contributed by atoms with van der Waals surface area (Å²) in [5.41, 5.74) is 0.457. The van der Waals surface area contributed by atoms with Crippen molar-refractivity contribution in [2.24, 2.45) is 5.41 Å². The molecule has 1 spiro atoms. The lowest BCUT2D eigenvalue weighted by molar-refractivity contribution is -0.135. The Morgan fingerprint density at radius 1 is 1.36 bits per heavy atom. The minimum Gasteiger partial charge on any atom is -0.359 e. The van der Waals surface area contributed by atoms with Crippen LogP contribution in [0, 0.1) is 5.41 Å². The predicted molar refractivity (Wildman–Crippen MR) is 51.5 cm³/mol. The number of hydrogen-bond donors (Lipinski definition) is 1. The number of nitrogens with one attached hydrogen (secondary N) is 1. The molecule has 0 unspecified atom stereocenters. The van der Waals surface area contributed by atoms with Gasteiger partial charge in [0.2, 0.25) is 11.8 Å². The van der Waals surface area contributed by atoms with Gasteiger partial charge in [-0.1, -0.05) is 0 Å². The number of carbonyl (C=O) groups excluding carboxylic acids is 2. The molecular weight excluding hydrogens is 180 g/mol. The van der Waals surface area contributed by atoms with Crippen molar-refractivity contribution in [1.29, 1.82) is 0 Å². The summed E-state index contributed by atoms with van der Waals surface area (Å²) in [6, 6.07) is 0. The molecule has 0 radical (unpaired) electrons. The molecule has 2 amide bonds. The van der Waals surface area contributed by atoms with Gasteiger partial charge in [-0.05, 0) is 24.7 Å². The van der Waals surface area contributed by atoms with E-state index >= 15 is 0 Å². The average Bonchev–Trinajstić information content (AvgIpc) is 2.76. The van der Waals surface area contributed by atoms with Crippen LogP contribution in [0.1, 0.15) is 25.7 Å². The highest BCUT2D eigenvalue weighted by Crippen LogP contribution is 2.52. The summed E-state index contributed by atoms with van der Waals surface area (Å²) in [5.74, 6) is -0.208. The first-order valence-corrected chi connectivity index (χ1v) is 5.14. The first kappa shape index (κ1) is 9.49. The summed E-state index contributed by atoms with van der Waals surface area (Å²) in [5, 5.41) is 2.47.